The minimum absolute atomic E-state index is 0.670. The van der Waals surface area contributed by atoms with E-state index in [1.165, 1.54) is 0 Å². The molecule has 0 saturated heterocycles. The van der Waals surface area contributed by atoms with Crippen molar-refractivity contribution < 1.29 is 0 Å². The Balaban J connectivity index is 1.74. The highest BCUT2D eigenvalue weighted by atomic mass is 15.4. The summed E-state index contributed by atoms with van der Waals surface area (Å²) < 4.78 is 3.48. The molecule has 2 heterocycles. The first kappa shape index (κ1) is 10.5. The van der Waals surface area contributed by atoms with Gasteiger partial charge in [-0.2, -0.15) is 5.10 Å². The first-order valence-corrected chi connectivity index (χ1v) is 5.13. The lowest BCUT2D eigenvalue weighted by atomic mass is 10.4. The molecule has 0 aliphatic heterocycles. The molecule has 0 amide bonds. The van der Waals surface area contributed by atoms with E-state index in [1.54, 1.807) is 21.8 Å². The number of nitrogens with two attached hydrogens (primary N) is 1. The summed E-state index contributed by atoms with van der Waals surface area (Å²) in [5, 5.41) is 15.0. The van der Waals surface area contributed by atoms with Crippen molar-refractivity contribution in [1.29, 1.82) is 0 Å². The first-order chi connectivity index (χ1) is 7.75. The van der Waals surface area contributed by atoms with Crippen molar-refractivity contribution in [2.45, 2.75) is 13.0 Å². The highest BCUT2D eigenvalue weighted by molar-refractivity contribution is 5.59. The Kier molecular flexibility index (Phi) is 3.04. The van der Waals surface area contributed by atoms with Gasteiger partial charge in [0.2, 0.25) is 0 Å². The molecule has 2 aromatic rings. The van der Waals surface area contributed by atoms with Gasteiger partial charge in [-0.3, -0.25) is 9.36 Å². The van der Waals surface area contributed by atoms with Gasteiger partial charge in [-0.15, -0.1) is 5.10 Å². The summed E-state index contributed by atoms with van der Waals surface area (Å²) in [5.41, 5.74) is 6.41. The predicted molar refractivity (Wildman–Crippen MR) is 60.7 cm³/mol. The molecule has 0 bridgehead atoms. The van der Waals surface area contributed by atoms with Crippen LogP contribution in [-0.2, 0) is 13.6 Å². The minimum Gasteiger partial charge on any atom is -0.394 e. The monoisotopic (exact) mass is 221 g/mol. The predicted octanol–water partition coefficient (Wildman–Crippen LogP) is 0.0960. The van der Waals surface area contributed by atoms with Gasteiger partial charge in [0.15, 0.2) is 5.82 Å². The quantitative estimate of drug-likeness (QED) is 0.699. The number of nitrogens with one attached hydrogen (secondary N) is 1. The Morgan fingerprint density at radius 3 is 3.00 bits per heavy atom. The van der Waals surface area contributed by atoms with Crippen LogP contribution in [0.2, 0.25) is 0 Å². The van der Waals surface area contributed by atoms with Crippen LogP contribution in [0.25, 0.3) is 0 Å². The number of rotatable bonds is 5. The van der Waals surface area contributed by atoms with E-state index in [4.69, 9.17) is 5.73 Å². The smallest absolute Gasteiger partial charge is 0.171 e. The molecule has 0 spiro atoms. The lowest BCUT2D eigenvalue weighted by molar-refractivity contribution is 0.569. The molecular formula is C9H15N7. The van der Waals surface area contributed by atoms with E-state index in [0.717, 1.165) is 25.3 Å². The summed E-state index contributed by atoms with van der Waals surface area (Å²) in [6, 6.07) is 0. The van der Waals surface area contributed by atoms with Crippen LogP contribution >= 0.6 is 0 Å². The summed E-state index contributed by atoms with van der Waals surface area (Å²) in [6.45, 7) is 1.64. The van der Waals surface area contributed by atoms with E-state index < -0.39 is 0 Å². The highest BCUT2D eigenvalue weighted by Crippen LogP contribution is 2.13. The zero-order chi connectivity index (χ0) is 11.4. The van der Waals surface area contributed by atoms with Crippen molar-refractivity contribution in [3.05, 3.63) is 18.6 Å². The second-order valence-electron chi connectivity index (χ2n) is 3.55. The van der Waals surface area contributed by atoms with Crippen LogP contribution in [-0.4, -0.2) is 31.3 Å². The van der Waals surface area contributed by atoms with E-state index in [9.17, 15) is 0 Å². The van der Waals surface area contributed by atoms with E-state index >= 15 is 0 Å². The third-order valence-electron chi connectivity index (χ3n) is 2.19. The number of hydrogen-bond acceptors (Lipinski definition) is 5. The fraction of sp³-hybridized carbons (Fsp3) is 0.444. The Hall–Kier alpha value is -2.05. The number of nitrogens with zero attached hydrogens (tertiary/aromatic N) is 5. The maximum atomic E-state index is 5.74. The summed E-state index contributed by atoms with van der Waals surface area (Å²) in [5.74, 6) is 0.737. The summed E-state index contributed by atoms with van der Waals surface area (Å²) >= 11 is 0. The van der Waals surface area contributed by atoms with Crippen LogP contribution in [0.15, 0.2) is 18.6 Å². The third kappa shape index (κ3) is 2.50. The summed E-state index contributed by atoms with van der Waals surface area (Å²) in [4.78, 5) is 0. The first-order valence-electron chi connectivity index (χ1n) is 5.13. The van der Waals surface area contributed by atoms with Crippen molar-refractivity contribution >= 4 is 11.5 Å². The number of aryl methyl sites for hydroxylation is 2. The molecule has 7 heteroatoms. The van der Waals surface area contributed by atoms with Gasteiger partial charge in [0.1, 0.15) is 0 Å². The van der Waals surface area contributed by atoms with Crippen molar-refractivity contribution in [1.82, 2.24) is 24.8 Å². The van der Waals surface area contributed by atoms with Gasteiger partial charge in [-0.05, 0) is 6.42 Å². The molecule has 0 aliphatic rings. The molecule has 0 atom stereocenters. The maximum absolute atomic E-state index is 5.74. The van der Waals surface area contributed by atoms with Gasteiger partial charge in [0.25, 0.3) is 0 Å². The standard InChI is InChI=1S/C9H15N7/c1-15-7-8(10)9(13-15)11-3-2-5-16-6-4-12-14-16/h4,6-7H,2-3,5,10H2,1H3,(H,11,13). The Morgan fingerprint density at radius 2 is 2.38 bits per heavy atom. The normalized spacial score (nSPS) is 10.6. The highest BCUT2D eigenvalue weighted by Gasteiger charge is 2.02. The minimum atomic E-state index is 0.670. The number of nitrogen functional groups attached to an aromatic ring is 1. The lowest BCUT2D eigenvalue weighted by Gasteiger charge is -2.03. The van der Waals surface area contributed by atoms with Crippen LogP contribution in [0, 0.1) is 0 Å². The molecule has 0 radical (unpaired) electrons. The van der Waals surface area contributed by atoms with Crippen LogP contribution < -0.4 is 11.1 Å². The van der Waals surface area contributed by atoms with Crippen LogP contribution in [0.5, 0.6) is 0 Å². The number of aromatic nitrogens is 5. The van der Waals surface area contributed by atoms with E-state index in [-0.39, 0.29) is 0 Å². The fourth-order valence-corrected chi connectivity index (χ4v) is 1.44. The topological polar surface area (TPSA) is 86.6 Å². The molecule has 0 unspecified atom stereocenters. The Morgan fingerprint density at radius 1 is 1.50 bits per heavy atom. The molecular weight excluding hydrogens is 206 g/mol. The van der Waals surface area contributed by atoms with E-state index in [0.29, 0.717) is 5.69 Å². The van der Waals surface area contributed by atoms with Crippen molar-refractivity contribution in [2.75, 3.05) is 17.6 Å². The second kappa shape index (κ2) is 4.65. The molecule has 7 nitrogen and oxygen atoms in total. The molecule has 0 saturated carbocycles. The lowest BCUT2D eigenvalue weighted by Crippen LogP contribution is -2.08. The molecule has 0 aliphatic carbocycles. The zero-order valence-electron chi connectivity index (χ0n) is 9.17. The van der Waals surface area contributed by atoms with Crippen LogP contribution in [0.1, 0.15) is 6.42 Å². The average Bonchev–Trinajstić information content (AvgIpc) is 2.84. The Bertz CT molecular complexity index is 431. The van der Waals surface area contributed by atoms with Gasteiger partial charge in [-0.25, -0.2) is 0 Å². The fourth-order valence-electron chi connectivity index (χ4n) is 1.44. The summed E-state index contributed by atoms with van der Waals surface area (Å²) in [7, 11) is 1.84. The SMILES string of the molecule is Cn1cc(N)c(NCCCn2ccnn2)n1. The van der Waals surface area contributed by atoms with Gasteiger partial charge >= 0.3 is 0 Å². The van der Waals surface area contributed by atoms with Gasteiger partial charge in [-0.1, -0.05) is 5.21 Å². The molecule has 2 rings (SSSR count). The molecule has 0 aromatic carbocycles. The van der Waals surface area contributed by atoms with Crippen molar-refractivity contribution in [3.63, 3.8) is 0 Å². The Labute approximate surface area is 93.2 Å². The van der Waals surface area contributed by atoms with Crippen LogP contribution in [0.4, 0.5) is 11.5 Å². The molecule has 3 N–H and O–H groups in total. The molecule has 2 aromatic heterocycles. The third-order valence-corrected chi connectivity index (χ3v) is 2.19. The van der Waals surface area contributed by atoms with Crippen molar-refractivity contribution in [3.8, 4) is 0 Å². The second-order valence-corrected chi connectivity index (χ2v) is 3.55. The van der Waals surface area contributed by atoms with Crippen LogP contribution in [0.3, 0.4) is 0 Å². The van der Waals surface area contributed by atoms with E-state index in [2.05, 4.69) is 20.7 Å². The van der Waals surface area contributed by atoms with Gasteiger partial charge in [0, 0.05) is 32.5 Å². The largest absolute Gasteiger partial charge is 0.394 e. The van der Waals surface area contributed by atoms with Gasteiger partial charge in [0.05, 0.1) is 11.9 Å². The zero-order valence-corrected chi connectivity index (χ0v) is 9.17. The van der Waals surface area contributed by atoms with E-state index in [1.807, 2.05) is 13.2 Å². The molecule has 0 fully saturated rings. The molecule has 86 valence electrons. The number of anilines is 2. The summed E-state index contributed by atoms with van der Waals surface area (Å²) in [6.07, 6.45) is 6.23. The molecule has 16 heavy (non-hydrogen) atoms. The van der Waals surface area contributed by atoms with Crippen molar-refractivity contribution in [2.24, 2.45) is 7.05 Å². The average molecular weight is 221 g/mol. The maximum Gasteiger partial charge on any atom is 0.171 e. The van der Waals surface area contributed by atoms with Gasteiger partial charge < -0.3 is 11.1 Å². The number of hydrogen-bond donors (Lipinski definition) is 2.